The maximum absolute atomic E-state index is 11.6. The van der Waals surface area contributed by atoms with Crippen molar-refractivity contribution in [3.63, 3.8) is 0 Å². The maximum Gasteiger partial charge on any atom is 0.290 e. The summed E-state index contributed by atoms with van der Waals surface area (Å²) in [5.41, 5.74) is 0.522. The monoisotopic (exact) mass is 223 g/mol. The Bertz CT molecular complexity index is 499. The molecule has 0 aliphatic carbocycles. The van der Waals surface area contributed by atoms with Crippen LogP contribution in [-0.4, -0.2) is 6.61 Å². The van der Waals surface area contributed by atoms with Crippen LogP contribution >= 0.6 is 11.6 Å². The molecule has 2 rings (SSSR count). The highest BCUT2D eigenvalue weighted by Crippen LogP contribution is 2.25. The predicted molar refractivity (Wildman–Crippen MR) is 59.1 cm³/mol. The Morgan fingerprint density at radius 1 is 1.40 bits per heavy atom. The summed E-state index contributed by atoms with van der Waals surface area (Å²) in [6, 6.07) is 8.75. The molecule has 0 aliphatic rings. The van der Waals surface area contributed by atoms with Crippen molar-refractivity contribution in [3.05, 3.63) is 40.7 Å². The number of para-hydroxylation sites is 1. The van der Waals surface area contributed by atoms with Crippen molar-refractivity contribution in [2.75, 3.05) is 6.61 Å². The van der Waals surface area contributed by atoms with Crippen molar-refractivity contribution in [2.45, 2.75) is 6.92 Å². The molecule has 0 spiro atoms. The minimum atomic E-state index is 0.122. The second kappa shape index (κ2) is 3.95. The zero-order valence-electron chi connectivity index (χ0n) is 8.24. The molecule has 0 unspecified atom stereocenters. The summed E-state index contributed by atoms with van der Waals surface area (Å²) in [6.07, 6.45) is 0. The third kappa shape index (κ3) is 1.70. The molecule has 0 aliphatic heterocycles. The summed E-state index contributed by atoms with van der Waals surface area (Å²) in [7, 11) is 0. The summed E-state index contributed by atoms with van der Waals surface area (Å²) in [5, 5.41) is 12.5. The molecular formula is C11H10ClNO2. The van der Waals surface area contributed by atoms with Crippen molar-refractivity contribution in [1.82, 2.24) is 0 Å². The minimum Gasteiger partial charge on any atom is -0.617 e. The quantitative estimate of drug-likeness (QED) is 0.446. The van der Waals surface area contributed by atoms with Crippen LogP contribution in [0.1, 0.15) is 6.92 Å². The number of hydrogen-bond acceptors (Lipinski definition) is 2. The van der Waals surface area contributed by atoms with Crippen LogP contribution < -0.4 is 9.47 Å². The summed E-state index contributed by atoms with van der Waals surface area (Å²) < 4.78 is 6.11. The Balaban J connectivity index is 2.76. The molecule has 4 heteroatoms. The molecule has 2 aromatic rings. The number of aromatic nitrogens is 1. The van der Waals surface area contributed by atoms with Crippen LogP contribution in [0.5, 0.6) is 5.75 Å². The fourth-order valence-corrected chi connectivity index (χ4v) is 1.68. The van der Waals surface area contributed by atoms with Gasteiger partial charge in [-0.15, -0.1) is 0 Å². The van der Waals surface area contributed by atoms with E-state index in [0.717, 1.165) is 5.39 Å². The van der Waals surface area contributed by atoms with Crippen molar-refractivity contribution in [1.29, 1.82) is 0 Å². The third-order valence-corrected chi connectivity index (χ3v) is 2.39. The van der Waals surface area contributed by atoms with Crippen LogP contribution in [0.4, 0.5) is 0 Å². The molecule has 1 aromatic heterocycles. The second-order valence-corrected chi connectivity index (χ2v) is 3.46. The van der Waals surface area contributed by atoms with E-state index >= 15 is 0 Å². The molecule has 0 saturated heterocycles. The number of rotatable bonds is 2. The van der Waals surface area contributed by atoms with Gasteiger partial charge in [-0.25, -0.2) is 0 Å². The lowest BCUT2D eigenvalue weighted by atomic mass is 10.2. The minimum absolute atomic E-state index is 0.122. The summed E-state index contributed by atoms with van der Waals surface area (Å²) in [4.78, 5) is 0. The first-order valence-electron chi connectivity index (χ1n) is 4.67. The van der Waals surface area contributed by atoms with Gasteiger partial charge in [0.2, 0.25) is 5.52 Å². The molecule has 0 atom stereocenters. The van der Waals surface area contributed by atoms with Crippen molar-refractivity contribution in [3.8, 4) is 5.75 Å². The Kier molecular flexibility index (Phi) is 2.64. The molecular weight excluding hydrogens is 214 g/mol. The lowest BCUT2D eigenvalue weighted by molar-refractivity contribution is -0.574. The van der Waals surface area contributed by atoms with Gasteiger partial charge in [0, 0.05) is 6.07 Å². The van der Waals surface area contributed by atoms with Gasteiger partial charge in [-0.2, -0.15) is 4.73 Å². The number of hydrogen-bond donors (Lipinski definition) is 0. The largest absolute Gasteiger partial charge is 0.617 e. The zero-order valence-corrected chi connectivity index (χ0v) is 8.99. The smallest absolute Gasteiger partial charge is 0.290 e. The third-order valence-electron chi connectivity index (χ3n) is 2.13. The van der Waals surface area contributed by atoms with Gasteiger partial charge in [-0.05, 0) is 24.6 Å². The Morgan fingerprint density at radius 3 is 2.87 bits per heavy atom. The normalized spacial score (nSPS) is 10.5. The van der Waals surface area contributed by atoms with Crippen LogP contribution in [0.15, 0.2) is 30.3 Å². The van der Waals surface area contributed by atoms with Crippen molar-refractivity contribution in [2.24, 2.45) is 0 Å². The van der Waals surface area contributed by atoms with Crippen LogP contribution in [-0.2, 0) is 0 Å². The van der Waals surface area contributed by atoms with Gasteiger partial charge in [0.15, 0.2) is 0 Å². The maximum atomic E-state index is 11.6. The van der Waals surface area contributed by atoms with Gasteiger partial charge in [0.1, 0.15) is 5.75 Å². The van der Waals surface area contributed by atoms with Gasteiger partial charge in [0.05, 0.1) is 18.1 Å². The van der Waals surface area contributed by atoms with Gasteiger partial charge in [-0.1, -0.05) is 12.1 Å². The number of benzene rings is 1. The van der Waals surface area contributed by atoms with E-state index in [2.05, 4.69) is 0 Å². The standard InChI is InChI=1S/C11H10ClNO2/c1-2-15-10-7-11(12)13(14)9-6-4-3-5-8(9)10/h3-7H,2H2,1H3. The number of halogens is 1. The number of pyridine rings is 1. The molecule has 0 saturated carbocycles. The fourth-order valence-electron chi connectivity index (χ4n) is 1.49. The Hall–Kier alpha value is -1.48. The predicted octanol–water partition coefficient (Wildman–Crippen LogP) is 2.53. The average molecular weight is 224 g/mol. The van der Waals surface area contributed by atoms with Crippen LogP contribution in [0.3, 0.4) is 0 Å². The molecule has 0 amide bonds. The average Bonchev–Trinajstić information content (AvgIpc) is 2.26. The highest BCUT2D eigenvalue weighted by molar-refractivity contribution is 6.29. The number of ether oxygens (including phenoxy) is 1. The van der Waals surface area contributed by atoms with Gasteiger partial charge >= 0.3 is 0 Å². The first-order valence-corrected chi connectivity index (χ1v) is 5.05. The van der Waals surface area contributed by atoms with Gasteiger partial charge < -0.3 is 9.94 Å². The highest BCUT2D eigenvalue weighted by Gasteiger charge is 2.13. The van der Waals surface area contributed by atoms with Crippen LogP contribution in [0.25, 0.3) is 10.9 Å². The fraction of sp³-hybridized carbons (Fsp3) is 0.182. The zero-order chi connectivity index (χ0) is 10.8. The van der Waals surface area contributed by atoms with Crippen molar-refractivity contribution >= 4 is 22.5 Å². The van der Waals surface area contributed by atoms with E-state index in [4.69, 9.17) is 16.3 Å². The molecule has 0 radical (unpaired) electrons. The highest BCUT2D eigenvalue weighted by atomic mass is 35.5. The van der Waals surface area contributed by atoms with Gasteiger partial charge in [-0.3, -0.25) is 0 Å². The molecule has 0 fully saturated rings. The molecule has 0 N–H and O–H groups in total. The SMILES string of the molecule is CCOc1cc(Cl)[n+]([O-])c2ccccc12. The molecule has 1 heterocycles. The Labute approximate surface area is 92.4 Å². The van der Waals surface area contributed by atoms with Crippen LogP contribution in [0, 0.1) is 5.21 Å². The molecule has 3 nitrogen and oxygen atoms in total. The first-order chi connectivity index (χ1) is 7.24. The van der Waals surface area contributed by atoms with Gasteiger partial charge in [0.25, 0.3) is 5.15 Å². The lowest BCUT2D eigenvalue weighted by Crippen LogP contribution is -2.28. The van der Waals surface area contributed by atoms with E-state index in [1.807, 2.05) is 19.1 Å². The first kappa shape index (κ1) is 10.1. The van der Waals surface area contributed by atoms with E-state index < -0.39 is 0 Å². The van der Waals surface area contributed by atoms with E-state index in [0.29, 0.717) is 22.6 Å². The number of fused-ring (bicyclic) bond motifs is 1. The molecule has 15 heavy (non-hydrogen) atoms. The van der Waals surface area contributed by atoms with E-state index in [1.54, 1.807) is 18.2 Å². The molecule has 78 valence electrons. The summed E-state index contributed by atoms with van der Waals surface area (Å²) in [6.45, 7) is 2.43. The van der Waals surface area contributed by atoms with E-state index in [-0.39, 0.29) is 5.15 Å². The van der Waals surface area contributed by atoms with Crippen LogP contribution in [0.2, 0.25) is 5.15 Å². The molecule has 1 aromatic carbocycles. The second-order valence-electron chi connectivity index (χ2n) is 3.08. The molecule has 0 bridgehead atoms. The summed E-state index contributed by atoms with van der Waals surface area (Å²) >= 11 is 5.80. The van der Waals surface area contributed by atoms with E-state index in [1.165, 1.54) is 0 Å². The number of nitrogens with zero attached hydrogens (tertiary/aromatic N) is 1. The Morgan fingerprint density at radius 2 is 2.13 bits per heavy atom. The van der Waals surface area contributed by atoms with E-state index in [9.17, 15) is 5.21 Å². The van der Waals surface area contributed by atoms with Crippen molar-refractivity contribution < 1.29 is 9.47 Å². The summed E-state index contributed by atoms with van der Waals surface area (Å²) in [5.74, 6) is 0.644. The topological polar surface area (TPSA) is 36.2 Å². The lowest BCUT2D eigenvalue weighted by Gasteiger charge is -2.08.